The fourth-order valence-electron chi connectivity index (χ4n) is 4.98. The number of carbonyl (C=O) groups excluding carboxylic acids is 1. The summed E-state index contributed by atoms with van der Waals surface area (Å²) in [5.41, 5.74) is 5.14. The Kier molecular flexibility index (Phi) is 10.3. The maximum atomic E-state index is 14.0. The molecule has 0 radical (unpaired) electrons. The number of amides is 1. The number of benzene rings is 4. The van der Waals surface area contributed by atoms with Gasteiger partial charge in [0, 0.05) is 24.7 Å². The van der Waals surface area contributed by atoms with Crippen LogP contribution >= 0.6 is 0 Å². The first-order chi connectivity index (χ1) is 20.1. The molecule has 8 heteroatoms. The second kappa shape index (κ2) is 14.1. The zero-order valence-corrected chi connectivity index (χ0v) is 24.0. The lowest BCUT2D eigenvalue weighted by molar-refractivity contribution is 0.0829. The van der Waals surface area contributed by atoms with Crippen molar-refractivity contribution in [3.8, 4) is 11.5 Å². The van der Waals surface area contributed by atoms with Gasteiger partial charge >= 0.3 is 0 Å². The first-order valence-corrected chi connectivity index (χ1v) is 13.8. The molecule has 0 aromatic heterocycles. The molecule has 4 rings (SSSR count). The predicted molar refractivity (Wildman–Crippen MR) is 159 cm³/mol. The minimum Gasteiger partial charge on any atom is -0.508 e. The number of carbonyl (C=O) groups is 1. The van der Waals surface area contributed by atoms with E-state index in [9.17, 15) is 23.8 Å². The number of aliphatic hydroxyl groups is 1. The van der Waals surface area contributed by atoms with Gasteiger partial charge in [-0.1, -0.05) is 35.9 Å². The van der Waals surface area contributed by atoms with Crippen LogP contribution in [0.2, 0.25) is 0 Å². The number of hydrogen-bond donors (Lipinski definition) is 4. The van der Waals surface area contributed by atoms with Crippen LogP contribution in [-0.4, -0.2) is 41.9 Å². The monoisotopic (exact) mass is 574 g/mol. The Bertz CT molecular complexity index is 1520. The number of phenols is 1. The van der Waals surface area contributed by atoms with Gasteiger partial charge in [0.25, 0.3) is 5.91 Å². The van der Waals surface area contributed by atoms with Crippen LogP contribution in [0.3, 0.4) is 0 Å². The second-order valence-electron chi connectivity index (χ2n) is 10.6. The standard InChI is InChI=1S/C34H36F2N2O4/c1-21-10-24(12-26-7-5-9-32(39)22(26)2)13-27(11-21)34(41)38-31(17-25-14-28(35)18-29(36)15-25)33(40)20-37-19-23-6-4-8-30(16-23)42-3/h4-11,13-16,18,31,33,37,39-40H,12,17,19-20H2,1-3H3,(H,38,41)/t31-,33+/m0/s1. The van der Waals surface area contributed by atoms with Crippen molar-refractivity contribution in [1.29, 1.82) is 0 Å². The zero-order valence-electron chi connectivity index (χ0n) is 24.0. The number of hydrogen-bond acceptors (Lipinski definition) is 5. The van der Waals surface area contributed by atoms with Crippen LogP contribution in [0, 0.1) is 25.5 Å². The predicted octanol–water partition coefficient (Wildman–Crippen LogP) is 5.38. The molecule has 42 heavy (non-hydrogen) atoms. The number of methoxy groups -OCH3 is 1. The molecular formula is C34H36F2N2O4. The second-order valence-corrected chi connectivity index (χ2v) is 10.6. The summed E-state index contributed by atoms with van der Waals surface area (Å²) in [7, 11) is 1.59. The third-order valence-electron chi connectivity index (χ3n) is 7.19. The maximum Gasteiger partial charge on any atom is 0.251 e. The van der Waals surface area contributed by atoms with E-state index < -0.39 is 29.7 Å². The topological polar surface area (TPSA) is 90.8 Å². The summed E-state index contributed by atoms with van der Waals surface area (Å²) in [4.78, 5) is 13.5. The van der Waals surface area contributed by atoms with Gasteiger partial charge in [0.1, 0.15) is 23.1 Å². The molecule has 0 aliphatic rings. The van der Waals surface area contributed by atoms with E-state index in [4.69, 9.17) is 4.74 Å². The van der Waals surface area contributed by atoms with Gasteiger partial charge in [-0.2, -0.15) is 0 Å². The molecule has 0 unspecified atom stereocenters. The van der Waals surface area contributed by atoms with E-state index in [0.29, 0.717) is 29.8 Å². The molecule has 0 aliphatic carbocycles. The van der Waals surface area contributed by atoms with Gasteiger partial charge in [-0.3, -0.25) is 4.79 Å². The molecule has 4 N–H and O–H groups in total. The van der Waals surface area contributed by atoms with Crippen molar-refractivity contribution < 1.29 is 28.5 Å². The minimum absolute atomic E-state index is 0.0174. The van der Waals surface area contributed by atoms with Crippen molar-refractivity contribution in [1.82, 2.24) is 10.6 Å². The van der Waals surface area contributed by atoms with E-state index in [2.05, 4.69) is 10.6 Å². The smallest absolute Gasteiger partial charge is 0.251 e. The SMILES string of the molecule is COc1cccc(CNC[C@@H](O)[C@H](Cc2cc(F)cc(F)c2)NC(=O)c2cc(C)cc(Cc3cccc(O)c3C)c2)c1. The van der Waals surface area contributed by atoms with E-state index in [1.54, 1.807) is 31.4 Å². The van der Waals surface area contributed by atoms with Crippen LogP contribution in [0.25, 0.3) is 0 Å². The van der Waals surface area contributed by atoms with Crippen molar-refractivity contribution >= 4 is 5.91 Å². The van der Waals surface area contributed by atoms with Crippen molar-refractivity contribution in [3.05, 3.63) is 129 Å². The molecule has 0 fully saturated rings. The van der Waals surface area contributed by atoms with Crippen molar-refractivity contribution in [2.24, 2.45) is 0 Å². The van der Waals surface area contributed by atoms with E-state index in [-0.39, 0.29) is 18.7 Å². The van der Waals surface area contributed by atoms with E-state index in [0.717, 1.165) is 33.9 Å². The lowest BCUT2D eigenvalue weighted by Crippen LogP contribution is -2.48. The molecule has 0 saturated heterocycles. The first-order valence-electron chi connectivity index (χ1n) is 13.8. The molecule has 0 heterocycles. The summed E-state index contributed by atoms with van der Waals surface area (Å²) in [6, 6.07) is 20.7. The summed E-state index contributed by atoms with van der Waals surface area (Å²) < 4.78 is 33.2. The summed E-state index contributed by atoms with van der Waals surface area (Å²) in [6.07, 6.45) is -0.528. The molecule has 4 aromatic rings. The Labute approximate surface area is 245 Å². The van der Waals surface area contributed by atoms with Crippen LogP contribution in [0.1, 0.15) is 43.7 Å². The van der Waals surface area contributed by atoms with Gasteiger partial charge < -0.3 is 25.6 Å². The molecule has 0 bridgehead atoms. The van der Waals surface area contributed by atoms with Crippen LogP contribution < -0.4 is 15.4 Å². The highest BCUT2D eigenvalue weighted by Crippen LogP contribution is 2.23. The molecule has 1 amide bonds. The summed E-state index contributed by atoms with van der Waals surface area (Å²) in [6.45, 7) is 4.30. The maximum absolute atomic E-state index is 14.0. The fourth-order valence-corrected chi connectivity index (χ4v) is 4.98. The number of rotatable bonds is 12. The van der Waals surface area contributed by atoms with Crippen molar-refractivity contribution in [3.63, 3.8) is 0 Å². The Morgan fingerprint density at radius 2 is 1.64 bits per heavy atom. The Hall–Kier alpha value is -4.27. The quantitative estimate of drug-likeness (QED) is 0.183. The van der Waals surface area contributed by atoms with Gasteiger partial charge in [0.05, 0.1) is 19.3 Å². The normalized spacial score (nSPS) is 12.5. The van der Waals surface area contributed by atoms with Crippen molar-refractivity contribution in [2.45, 2.75) is 45.4 Å². The lowest BCUT2D eigenvalue weighted by Gasteiger charge is -2.25. The zero-order chi connectivity index (χ0) is 30.2. The number of aliphatic hydroxyl groups excluding tert-OH is 1. The number of ether oxygens (including phenoxy) is 1. The molecule has 2 atom stereocenters. The van der Waals surface area contributed by atoms with Crippen LogP contribution in [0.4, 0.5) is 8.78 Å². The van der Waals surface area contributed by atoms with Gasteiger partial charge in [0.15, 0.2) is 0 Å². The van der Waals surface area contributed by atoms with E-state index in [1.807, 2.05) is 50.2 Å². The molecule has 4 aromatic carbocycles. The molecule has 220 valence electrons. The van der Waals surface area contributed by atoms with Gasteiger partial charge in [-0.25, -0.2) is 8.78 Å². The molecular weight excluding hydrogens is 538 g/mol. The van der Waals surface area contributed by atoms with E-state index >= 15 is 0 Å². The third kappa shape index (κ3) is 8.38. The third-order valence-corrected chi connectivity index (χ3v) is 7.19. The van der Waals surface area contributed by atoms with Crippen LogP contribution in [-0.2, 0) is 19.4 Å². The summed E-state index contributed by atoms with van der Waals surface area (Å²) in [5, 5.41) is 27.3. The average Bonchev–Trinajstić information content (AvgIpc) is 2.94. The lowest BCUT2D eigenvalue weighted by atomic mass is 9.96. The average molecular weight is 575 g/mol. The number of aromatic hydroxyl groups is 1. The Morgan fingerprint density at radius 3 is 2.38 bits per heavy atom. The highest BCUT2D eigenvalue weighted by atomic mass is 19.1. The van der Waals surface area contributed by atoms with Gasteiger partial charge in [-0.05, 0) is 97.0 Å². The first kappa shape index (κ1) is 30.7. The highest BCUT2D eigenvalue weighted by molar-refractivity contribution is 5.94. The number of halogens is 2. The van der Waals surface area contributed by atoms with Gasteiger partial charge in [-0.15, -0.1) is 0 Å². The Morgan fingerprint density at radius 1 is 0.905 bits per heavy atom. The molecule has 0 saturated carbocycles. The number of aryl methyl sites for hydroxylation is 1. The van der Waals surface area contributed by atoms with Crippen LogP contribution in [0.15, 0.2) is 78.9 Å². The molecule has 0 spiro atoms. The summed E-state index contributed by atoms with van der Waals surface area (Å²) >= 11 is 0. The highest BCUT2D eigenvalue weighted by Gasteiger charge is 2.23. The van der Waals surface area contributed by atoms with E-state index in [1.165, 1.54) is 12.1 Å². The molecule has 6 nitrogen and oxygen atoms in total. The minimum atomic E-state index is -1.06. The number of phenolic OH excluding ortho intramolecular Hbond substituents is 1. The van der Waals surface area contributed by atoms with Crippen LogP contribution in [0.5, 0.6) is 11.5 Å². The molecule has 0 aliphatic heterocycles. The summed E-state index contributed by atoms with van der Waals surface area (Å²) in [5.74, 6) is -0.951. The van der Waals surface area contributed by atoms with Gasteiger partial charge in [0.2, 0.25) is 0 Å². The largest absolute Gasteiger partial charge is 0.508 e. The Balaban J connectivity index is 1.51. The number of nitrogens with one attached hydrogen (secondary N) is 2. The fraction of sp³-hybridized carbons (Fsp3) is 0.265. The van der Waals surface area contributed by atoms with Crippen molar-refractivity contribution in [2.75, 3.05) is 13.7 Å².